The van der Waals surface area contributed by atoms with Gasteiger partial charge in [0.1, 0.15) is 5.78 Å². The molecule has 2 unspecified atom stereocenters. The Labute approximate surface area is 164 Å². The molecule has 28 heavy (non-hydrogen) atoms. The van der Waals surface area contributed by atoms with Crippen LogP contribution < -0.4 is 0 Å². The van der Waals surface area contributed by atoms with Gasteiger partial charge in [0, 0.05) is 5.92 Å². The van der Waals surface area contributed by atoms with Crippen LogP contribution in [-0.2, 0) is 19.1 Å². The van der Waals surface area contributed by atoms with E-state index in [-0.39, 0.29) is 23.0 Å². The summed E-state index contributed by atoms with van der Waals surface area (Å²) in [6, 6.07) is 0. The Morgan fingerprint density at radius 2 is 1.89 bits per heavy atom. The van der Waals surface area contributed by atoms with Crippen LogP contribution >= 0.6 is 0 Å². The highest BCUT2D eigenvalue weighted by atomic mass is 16.8. The molecule has 0 amide bonds. The summed E-state index contributed by atoms with van der Waals surface area (Å²) in [5.41, 5.74) is 0.0384. The fourth-order valence-corrected chi connectivity index (χ4v) is 7.87. The third-order valence-electron chi connectivity index (χ3n) is 9.21. The largest absolute Gasteiger partial charge is 0.511 e. The summed E-state index contributed by atoms with van der Waals surface area (Å²) >= 11 is 0. The van der Waals surface area contributed by atoms with Gasteiger partial charge in [0.05, 0.1) is 5.41 Å². The van der Waals surface area contributed by atoms with Gasteiger partial charge in [-0.1, -0.05) is 12.5 Å². The molecule has 6 nitrogen and oxygen atoms in total. The Morgan fingerprint density at radius 1 is 1.14 bits per heavy atom. The predicted octanol–water partition coefficient (Wildman–Crippen LogP) is 3.17. The minimum atomic E-state index is -1.94. The van der Waals surface area contributed by atoms with Crippen molar-refractivity contribution in [3.8, 4) is 0 Å². The van der Waals surface area contributed by atoms with E-state index >= 15 is 0 Å². The molecule has 4 aliphatic carbocycles. The minimum Gasteiger partial charge on any atom is -0.415 e. The van der Waals surface area contributed by atoms with Crippen molar-refractivity contribution in [3.63, 3.8) is 0 Å². The second-order valence-electron chi connectivity index (χ2n) is 10.0. The maximum atomic E-state index is 12.5. The Hall–Kier alpha value is -1.69. The molecule has 3 saturated carbocycles. The van der Waals surface area contributed by atoms with Crippen molar-refractivity contribution >= 4 is 17.7 Å². The molecule has 152 valence electrons. The van der Waals surface area contributed by atoms with Gasteiger partial charge in [-0.05, 0) is 81.6 Å². The number of rotatable bonds is 1. The van der Waals surface area contributed by atoms with Crippen molar-refractivity contribution in [2.75, 3.05) is 0 Å². The zero-order valence-corrected chi connectivity index (χ0v) is 16.7. The SMILES string of the molecule is CC(=O)[C@H]1CC[C@H]2[C@@H]3CCC4=CC(=O)C5OC(=O)OC5(O)[C@]4(C)[C@H]3CC[C@]12C. The minimum absolute atomic E-state index is 0.0000626. The van der Waals surface area contributed by atoms with Crippen molar-refractivity contribution in [2.45, 2.75) is 71.2 Å². The van der Waals surface area contributed by atoms with Crippen LogP contribution in [0, 0.1) is 34.5 Å². The molecule has 6 heteroatoms. The number of hydrogen-bond donors (Lipinski definition) is 1. The first-order valence-corrected chi connectivity index (χ1v) is 10.5. The number of ether oxygens (including phenoxy) is 2. The van der Waals surface area contributed by atoms with Crippen molar-refractivity contribution in [3.05, 3.63) is 11.6 Å². The molecule has 4 fully saturated rings. The Balaban J connectivity index is 1.58. The monoisotopic (exact) mass is 388 g/mol. The Kier molecular flexibility index (Phi) is 3.58. The lowest BCUT2D eigenvalue weighted by molar-refractivity contribution is -0.258. The van der Waals surface area contributed by atoms with Crippen LogP contribution in [-0.4, -0.2) is 34.7 Å². The molecule has 0 aromatic carbocycles. The molecular formula is C22H28O6. The fourth-order valence-electron chi connectivity index (χ4n) is 7.87. The zero-order valence-electron chi connectivity index (χ0n) is 16.7. The molecule has 0 aromatic heterocycles. The summed E-state index contributed by atoms with van der Waals surface area (Å²) in [6.07, 6.45) is 4.68. The smallest absolute Gasteiger partial charge is 0.415 e. The number of carbonyl (C=O) groups excluding carboxylic acids is 3. The summed E-state index contributed by atoms with van der Waals surface area (Å²) in [5.74, 6) is -1.10. The summed E-state index contributed by atoms with van der Waals surface area (Å²) in [5, 5.41) is 11.5. The first-order valence-electron chi connectivity index (χ1n) is 10.5. The van der Waals surface area contributed by atoms with Gasteiger partial charge in [-0.15, -0.1) is 0 Å². The van der Waals surface area contributed by atoms with E-state index in [4.69, 9.17) is 9.47 Å². The molecule has 0 spiro atoms. The van der Waals surface area contributed by atoms with Gasteiger partial charge in [-0.2, -0.15) is 0 Å². The van der Waals surface area contributed by atoms with Gasteiger partial charge >= 0.3 is 6.16 Å². The van der Waals surface area contributed by atoms with E-state index in [1.807, 2.05) is 6.92 Å². The molecule has 8 atom stereocenters. The van der Waals surface area contributed by atoms with Gasteiger partial charge in [-0.3, -0.25) is 9.59 Å². The number of carbonyl (C=O) groups is 3. The van der Waals surface area contributed by atoms with Crippen LogP contribution in [0.15, 0.2) is 11.6 Å². The van der Waals surface area contributed by atoms with E-state index in [0.717, 1.165) is 37.7 Å². The van der Waals surface area contributed by atoms with Crippen molar-refractivity contribution in [2.24, 2.45) is 34.5 Å². The van der Waals surface area contributed by atoms with E-state index in [1.54, 1.807) is 13.0 Å². The molecule has 1 heterocycles. The molecule has 0 bridgehead atoms. The molecule has 1 N–H and O–H groups in total. The van der Waals surface area contributed by atoms with Gasteiger partial charge in [0.15, 0.2) is 0 Å². The summed E-state index contributed by atoms with van der Waals surface area (Å²) < 4.78 is 10.4. The summed E-state index contributed by atoms with van der Waals surface area (Å²) in [6.45, 7) is 5.92. The van der Waals surface area contributed by atoms with Crippen LogP contribution in [0.5, 0.6) is 0 Å². The third kappa shape index (κ3) is 1.95. The molecule has 5 aliphatic rings. The van der Waals surface area contributed by atoms with E-state index in [0.29, 0.717) is 18.3 Å². The highest BCUT2D eigenvalue weighted by molar-refractivity contribution is 5.99. The lowest BCUT2D eigenvalue weighted by Crippen LogP contribution is -2.66. The molecule has 0 radical (unpaired) electrons. The highest BCUT2D eigenvalue weighted by Gasteiger charge is 2.73. The van der Waals surface area contributed by atoms with Gasteiger partial charge in [0.2, 0.25) is 11.9 Å². The number of Topliss-reactive ketones (excluding diaryl/α,β-unsaturated/α-hetero) is 1. The normalized spacial score (nSPS) is 51.9. The second kappa shape index (κ2) is 5.47. The van der Waals surface area contributed by atoms with Crippen molar-refractivity contribution < 1.29 is 29.0 Å². The van der Waals surface area contributed by atoms with E-state index in [1.165, 1.54) is 0 Å². The van der Waals surface area contributed by atoms with Gasteiger partial charge < -0.3 is 14.6 Å². The lowest BCUT2D eigenvalue weighted by atomic mass is 9.45. The van der Waals surface area contributed by atoms with Crippen LogP contribution in [0.4, 0.5) is 4.79 Å². The second-order valence-corrected chi connectivity index (χ2v) is 10.0. The van der Waals surface area contributed by atoms with Gasteiger partial charge in [0.25, 0.3) is 5.79 Å². The average molecular weight is 388 g/mol. The van der Waals surface area contributed by atoms with Gasteiger partial charge in [-0.25, -0.2) is 4.79 Å². The number of hydrogen-bond acceptors (Lipinski definition) is 6. The number of aliphatic hydroxyl groups is 1. The first kappa shape index (κ1) is 18.3. The van der Waals surface area contributed by atoms with E-state index in [9.17, 15) is 19.5 Å². The van der Waals surface area contributed by atoms with E-state index in [2.05, 4.69) is 6.92 Å². The maximum Gasteiger partial charge on any atom is 0.511 e. The lowest BCUT2D eigenvalue weighted by Gasteiger charge is -2.60. The molecular weight excluding hydrogens is 360 g/mol. The fraction of sp³-hybridized carbons (Fsp3) is 0.773. The third-order valence-corrected chi connectivity index (χ3v) is 9.21. The average Bonchev–Trinajstić information content (AvgIpc) is 3.14. The molecule has 1 saturated heterocycles. The van der Waals surface area contributed by atoms with Crippen molar-refractivity contribution in [1.29, 1.82) is 0 Å². The summed E-state index contributed by atoms with van der Waals surface area (Å²) in [7, 11) is 0. The van der Waals surface area contributed by atoms with E-state index < -0.39 is 29.2 Å². The summed E-state index contributed by atoms with van der Waals surface area (Å²) in [4.78, 5) is 36.6. The van der Waals surface area contributed by atoms with Crippen LogP contribution in [0.3, 0.4) is 0 Å². The standard InChI is InChI=1S/C22H28O6/c1-11(23)14-6-7-15-13-5-4-12-10-17(24)18-22(26,28-19(25)27-18)21(12,3)16(13)8-9-20(14,15)2/h10,13-16,18,26H,4-9H2,1-3H3/t13-,14+,15-,16-,18?,20+,21-,22?/m0/s1. The molecule has 1 aliphatic heterocycles. The topological polar surface area (TPSA) is 89.9 Å². The Morgan fingerprint density at radius 3 is 2.61 bits per heavy atom. The van der Waals surface area contributed by atoms with Crippen LogP contribution in [0.25, 0.3) is 0 Å². The van der Waals surface area contributed by atoms with Crippen LogP contribution in [0.2, 0.25) is 0 Å². The van der Waals surface area contributed by atoms with Crippen LogP contribution in [0.1, 0.15) is 59.3 Å². The maximum absolute atomic E-state index is 12.5. The number of fused-ring (bicyclic) bond motifs is 7. The quantitative estimate of drug-likeness (QED) is 0.694. The predicted molar refractivity (Wildman–Crippen MR) is 98.0 cm³/mol. The highest BCUT2D eigenvalue weighted by Crippen LogP contribution is 2.68. The molecule has 5 rings (SSSR count). The first-order chi connectivity index (χ1) is 13.1. The number of ketones is 2. The zero-order chi connectivity index (χ0) is 20.1. The van der Waals surface area contributed by atoms with Crippen molar-refractivity contribution in [1.82, 2.24) is 0 Å². The Bertz CT molecular complexity index is 816. The molecule has 0 aromatic rings.